The average Bonchev–Trinajstić information content (AvgIpc) is 3.46. The molecule has 0 radical (unpaired) electrons. The smallest absolute Gasteiger partial charge is 0.358 e. The van der Waals surface area contributed by atoms with Gasteiger partial charge < -0.3 is 18.8 Å². The number of hydrogen-bond donors (Lipinski definition) is 1. The van der Waals surface area contributed by atoms with Gasteiger partial charge in [0.2, 0.25) is 0 Å². The molecule has 0 unspecified atom stereocenters. The number of aryl methyl sites for hydroxylation is 1. The van der Waals surface area contributed by atoms with Crippen LogP contribution in [0.2, 0.25) is 10.1 Å². The number of esters is 1. The number of benzene rings is 4. The Morgan fingerprint density at radius 1 is 0.653 bits per heavy atom. The van der Waals surface area contributed by atoms with Crippen LogP contribution in [-0.4, -0.2) is 51.8 Å². The first-order chi connectivity index (χ1) is 23.3. The van der Waals surface area contributed by atoms with E-state index in [1.807, 2.05) is 85.9 Å². The fourth-order valence-corrected chi connectivity index (χ4v) is 15.8. The summed E-state index contributed by atoms with van der Waals surface area (Å²) in [5.41, 5.74) is 1.13. The fourth-order valence-electron chi connectivity index (χ4n) is 6.84. The number of aromatic nitrogens is 1. The molecule has 5 aromatic rings. The Hall–Kier alpha value is -4.22. The van der Waals surface area contributed by atoms with E-state index in [1.54, 1.807) is 10.8 Å². The van der Waals surface area contributed by atoms with Crippen molar-refractivity contribution in [2.45, 2.75) is 64.6 Å². The van der Waals surface area contributed by atoms with Gasteiger partial charge in [-0.2, -0.15) is 4.73 Å². The first-order valence-corrected chi connectivity index (χ1v) is 20.7. The summed E-state index contributed by atoms with van der Waals surface area (Å²) in [7, 11) is -5.89. The summed E-state index contributed by atoms with van der Waals surface area (Å²) in [6.45, 7) is 14.9. The SMILES string of the molecule is Cc1cc(C(=O)OC[C@@H](O)CO[Si](c2ccccc2)(c2ccccc2)C(C)(C)C)n(O[Si](c2ccccc2)(c2ccccc2)C(C)(C)C)c1. The predicted octanol–water partition coefficient (Wildman–Crippen LogP) is 5.88. The minimum atomic E-state index is -3.02. The molecule has 0 saturated heterocycles. The van der Waals surface area contributed by atoms with Gasteiger partial charge in [-0.3, -0.25) is 0 Å². The molecule has 0 aliphatic heterocycles. The van der Waals surface area contributed by atoms with E-state index < -0.39 is 28.7 Å². The van der Waals surface area contributed by atoms with Crippen molar-refractivity contribution in [3.05, 3.63) is 145 Å². The number of carbonyl (C=O) groups is 1. The molecule has 49 heavy (non-hydrogen) atoms. The van der Waals surface area contributed by atoms with E-state index >= 15 is 0 Å². The van der Waals surface area contributed by atoms with E-state index in [-0.39, 0.29) is 29.0 Å². The minimum Gasteiger partial charge on any atom is -0.458 e. The summed E-state index contributed by atoms with van der Waals surface area (Å²) >= 11 is 0. The second-order valence-corrected chi connectivity index (χ2v) is 23.2. The van der Waals surface area contributed by atoms with Crippen molar-refractivity contribution < 1.29 is 23.6 Å². The highest BCUT2D eigenvalue weighted by Gasteiger charge is 2.54. The van der Waals surface area contributed by atoms with Gasteiger partial charge in [-0.1, -0.05) is 163 Å². The lowest BCUT2D eigenvalue weighted by Gasteiger charge is -2.43. The first kappa shape index (κ1) is 36.1. The monoisotopic (exact) mass is 691 g/mol. The topological polar surface area (TPSA) is 69.9 Å². The molecule has 6 nitrogen and oxygen atoms in total. The van der Waals surface area contributed by atoms with Crippen LogP contribution in [0.25, 0.3) is 0 Å². The van der Waals surface area contributed by atoms with Crippen LogP contribution in [0.15, 0.2) is 134 Å². The highest BCUT2D eigenvalue weighted by molar-refractivity contribution is 7.00. The Morgan fingerprint density at radius 3 is 1.43 bits per heavy atom. The van der Waals surface area contributed by atoms with Crippen LogP contribution in [0.3, 0.4) is 0 Å². The summed E-state index contributed by atoms with van der Waals surface area (Å²) in [5, 5.41) is 15.1. The average molecular weight is 692 g/mol. The van der Waals surface area contributed by atoms with Crippen LogP contribution >= 0.6 is 0 Å². The maximum absolute atomic E-state index is 13.7. The lowest BCUT2D eigenvalue weighted by Crippen LogP contribution is -2.71. The molecule has 4 aromatic carbocycles. The largest absolute Gasteiger partial charge is 0.458 e. The zero-order valence-electron chi connectivity index (χ0n) is 29.7. The number of hydrogen-bond acceptors (Lipinski definition) is 5. The van der Waals surface area contributed by atoms with Crippen molar-refractivity contribution in [2.75, 3.05) is 13.2 Å². The van der Waals surface area contributed by atoms with Crippen molar-refractivity contribution in [1.82, 2.24) is 4.73 Å². The molecule has 1 aromatic heterocycles. The third kappa shape index (κ3) is 7.38. The molecule has 5 rings (SSSR count). The van der Waals surface area contributed by atoms with Crippen molar-refractivity contribution in [1.29, 1.82) is 0 Å². The third-order valence-electron chi connectivity index (χ3n) is 9.10. The van der Waals surface area contributed by atoms with Gasteiger partial charge in [0, 0.05) is 11.2 Å². The van der Waals surface area contributed by atoms with Crippen LogP contribution in [0.1, 0.15) is 57.6 Å². The van der Waals surface area contributed by atoms with Gasteiger partial charge in [-0.05, 0) is 44.3 Å². The highest BCUT2D eigenvalue weighted by atomic mass is 28.4. The van der Waals surface area contributed by atoms with Gasteiger partial charge in [0.25, 0.3) is 8.32 Å². The van der Waals surface area contributed by atoms with Gasteiger partial charge >= 0.3 is 14.3 Å². The van der Waals surface area contributed by atoms with Crippen molar-refractivity contribution in [3.8, 4) is 0 Å². The highest BCUT2D eigenvalue weighted by Crippen LogP contribution is 2.37. The molecule has 0 aliphatic carbocycles. The van der Waals surface area contributed by atoms with Crippen LogP contribution in [0.4, 0.5) is 0 Å². The number of ether oxygens (including phenoxy) is 1. The maximum atomic E-state index is 13.7. The molecular formula is C41H49NO5Si2. The molecule has 1 heterocycles. The molecular weight excluding hydrogens is 643 g/mol. The number of aliphatic hydroxyl groups is 1. The van der Waals surface area contributed by atoms with Gasteiger partial charge in [-0.15, -0.1) is 0 Å². The lowest BCUT2D eigenvalue weighted by atomic mass is 10.2. The lowest BCUT2D eigenvalue weighted by molar-refractivity contribution is 0.00970. The van der Waals surface area contributed by atoms with Crippen molar-refractivity contribution in [3.63, 3.8) is 0 Å². The number of carbonyl (C=O) groups excluding carboxylic acids is 1. The minimum absolute atomic E-state index is 0.0131. The molecule has 0 fully saturated rings. The van der Waals surface area contributed by atoms with E-state index in [1.165, 1.54) is 0 Å². The first-order valence-electron chi connectivity index (χ1n) is 16.9. The molecule has 256 valence electrons. The molecule has 0 saturated carbocycles. The summed E-state index contributed by atoms with van der Waals surface area (Å²) in [4.78, 5) is 13.7. The predicted molar refractivity (Wildman–Crippen MR) is 203 cm³/mol. The second kappa shape index (κ2) is 14.7. The van der Waals surface area contributed by atoms with Gasteiger partial charge in [0.05, 0.1) is 6.61 Å². The van der Waals surface area contributed by atoms with Crippen molar-refractivity contribution in [2.24, 2.45) is 0 Å². The Morgan fingerprint density at radius 2 is 1.04 bits per heavy atom. The van der Waals surface area contributed by atoms with Gasteiger partial charge in [0.15, 0.2) is 5.69 Å². The third-order valence-corrected chi connectivity index (χ3v) is 19.0. The van der Waals surface area contributed by atoms with Crippen LogP contribution in [0.5, 0.6) is 0 Å². The quantitative estimate of drug-likeness (QED) is 0.131. The molecule has 0 bridgehead atoms. The Labute approximate surface area is 293 Å². The van der Waals surface area contributed by atoms with Gasteiger partial charge in [0.1, 0.15) is 12.7 Å². The molecule has 1 atom stereocenters. The van der Waals surface area contributed by atoms with E-state index in [0.717, 1.165) is 26.3 Å². The van der Waals surface area contributed by atoms with Crippen LogP contribution < -0.4 is 25.3 Å². The zero-order chi connectivity index (χ0) is 35.3. The number of nitrogens with zero attached hydrogens (tertiary/aromatic N) is 1. The number of aliphatic hydroxyl groups excluding tert-OH is 1. The Kier molecular flexibility index (Phi) is 10.8. The second-order valence-electron chi connectivity index (χ2n) is 14.7. The number of rotatable bonds is 12. The molecule has 0 amide bonds. The summed E-state index contributed by atoms with van der Waals surface area (Å²) in [5.74, 6) is -0.574. The molecule has 0 spiro atoms. The summed E-state index contributed by atoms with van der Waals surface area (Å²) in [6.07, 6.45) is 0.797. The Bertz CT molecular complexity index is 1720. The van der Waals surface area contributed by atoms with Crippen molar-refractivity contribution >= 4 is 43.4 Å². The van der Waals surface area contributed by atoms with E-state index in [9.17, 15) is 9.90 Å². The van der Waals surface area contributed by atoms with Crippen LogP contribution in [0, 0.1) is 6.92 Å². The summed E-state index contributed by atoms with van der Waals surface area (Å²) < 4.78 is 21.4. The maximum Gasteiger partial charge on any atom is 0.358 e. The Balaban J connectivity index is 1.39. The van der Waals surface area contributed by atoms with E-state index in [0.29, 0.717) is 0 Å². The molecule has 8 heteroatoms. The molecule has 0 aliphatic rings. The van der Waals surface area contributed by atoms with E-state index in [4.69, 9.17) is 13.7 Å². The normalized spacial score (nSPS) is 13.1. The molecule has 1 N–H and O–H groups in total. The standard InChI is InChI=1S/C41H49NO5Si2/c1-32-28-38(42(29-32)47-49(41(5,6)7,36-24-16-10-17-25-36)37-26-18-11-19-27-37)39(44)45-30-33(43)31-46-48(40(2,3)4,34-20-12-8-13-21-34)35-22-14-9-15-23-35/h8-29,33,43H,30-31H2,1-7H3/t33-/m1/s1. The van der Waals surface area contributed by atoms with Crippen LogP contribution in [-0.2, 0) is 9.16 Å². The summed E-state index contributed by atoms with van der Waals surface area (Å²) in [6, 6.07) is 42.9. The fraction of sp³-hybridized carbons (Fsp3) is 0.293. The van der Waals surface area contributed by atoms with E-state index in [2.05, 4.69) is 90.1 Å². The van der Waals surface area contributed by atoms with Gasteiger partial charge in [-0.25, -0.2) is 4.79 Å². The zero-order valence-corrected chi connectivity index (χ0v) is 31.7.